The maximum Gasteiger partial charge on any atom is 0.275 e. The molecule has 2 aliphatic heterocycles. The molecule has 5 rings (SSSR count). The molecule has 0 bridgehead atoms. The third kappa shape index (κ3) is 3.36. The smallest absolute Gasteiger partial charge is 0.275 e. The summed E-state index contributed by atoms with van der Waals surface area (Å²) in [5.41, 5.74) is 1.76. The van der Waals surface area contributed by atoms with Crippen LogP contribution in [0, 0.1) is 5.82 Å². The average Bonchev–Trinajstić information content (AvgIpc) is 3.25. The van der Waals surface area contributed by atoms with Gasteiger partial charge in [0.15, 0.2) is 5.82 Å². The largest absolute Gasteiger partial charge is 0.348 e. The zero-order valence-corrected chi connectivity index (χ0v) is 18.1. The van der Waals surface area contributed by atoms with E-state index >= 15 is 0 Å². The summed E-state index contributed by atoms with van der Waals surface area (Å²) < 4.78 is 15.4. The van der Waals surface area contributed by atoms with Crippen molar-refractivity contribution in [2.24, 2.45) is 0 Å². The van der Waals surface area contributed by atoms with E-state index in [-0.39, 0.29) is 36.9 Å². The minimum absolute atomic E-state index is 0.171. The van der Waals surface area contributed by atoms with Crippen LogP contribution in [0.4, 0.5) is 10.1 Å². The second kappa shape index (κ2) is 7.56. The number of aromatic nitrogens is 1. The minimum Gasteiger partial charge on any atom is -0.348 e. The number of aromatic amines is 1. The number of nitrogens with one attached hydrogen (secondary N) is 3. The van der Waals surface area contributed by atoms with Crippen LogP contribution in [0.5, 0.6) is 0 Å². The number of anilines is 1. The fourth-order valence-corrected chi connectivity index (χ4v) is 4.49. The van der Waals surface area contributed by atoms with Gasteiger partial charge < -0.3 is 15.2 Å². The molecule has 4 amide bonds. The van der Waals surface area contributed by atoms with Crippen LogP contribution >= 0.6 is 15.9 Å². The molecule has 1 unspecified atom stereocenters. The van der Waals surface area contributed by atoms with E-state index in [4.69, 9.17) is 0 Å². The summed E-state index contributed by atoms with van der Waals surface area (Å²) in [6.45, 7) is 0.179. The number of piperidine rings is 1. The Bertz CT molecular complexity index is 1330. The van der Waals surface area contributed by atoms with Gasteiger partial charge in [-0.1, -0.05) is 15.9 Å². The molecule has 0 aliphatic carbocycles. The molecule has 3 aromatic rings. The van der Waals surface area contributed by atoms with Gasteiger partial charge in [-0.05, 0) is 48.4 Å². The molecule has 2 aromatic carbocycles. The lowest BCUT2D eigenvalue weighted by molar-refractivity contribution is -0.136. The number of rotatable bonds is 3. The summed E-state index contributed by atoms with van der Waals surface area (Å²) in [5, 5.41) is 5.21. The van der Waals surface area contributed by atoms with Crippen LogP contribution in [0.2, 0.25) is 0 Å². The van der Waals surface area contributed by atoms with Crippen LogP contribution in [0.25, 0.3) is 10.9 Å². The maximum atomic E-state index is 14.7. The third-order valence-corrected chi connectivity index (χ3v) is 6.20. The van der Waals surface area contributed by atoms with Crippen molar-refractivity contribution in [3.63, 3.8) is 0 Å². The lowest BCUT2D eigenvalue weighted by atomic mass is 10.0. The van der Waals surface area contributed by atoms with E-state index in [1.807, 2.05) is 0 Å². The lowest BCUT2D eigenvalue weighted by Gasteiger charge is -2.29. The highest BCUT2D eigenvalue weighted by Gasteiger charge is 2.39. The summed E-state index contributed by atoms with van der Waals surface area (Å²) in [4.78, 5) is 53.2. The van der Waals surface area contributed by atoms with Gasteiger partial charge in [-0.25, -0.2) is 4.39 Å². The SMILES string of the molecule is O=C1CCC(N2Cc3cc(NC(=O)c4[nH]c5ccc(Br)cc5c4F)ccc3C2=O)C(=O)N1. The first-order valence-electron chi connectivity index (χ1n) is 9.87. The van der Waals surface area contributed by atoms with Crippen LogP contribution in [-0.2, 0) is 16.1 Å². The van der Waals surface area contributed by atoms with E-state index in [1.165, 1.54) is 4.90 Å². The first-order chi connectivity index (χ1) is 15.3. The van der Waals surface area contributed by atoms with Crippen LogP contribution in [0.1, 0.15) is 39.3 Å². The topological polar surface area (TPSA) is 111 Å². The minimum atomic E-state index is -0.717. The van der Waals surface area contributed by atoms with Crippen LogP contribution < -0.4 is 10.6 Å². The van der Waals surface area contributed by atoms with E-state index < -0.39 is 23.7 Å². The molecule has 162 valence electrons. The second-order valence-electron chi connectivity index (χ2n) is 7.73. The fourth-order valence-electron chi connectivity index (χ4n) is 4.13. The van der Waals surface area contributed by atoms with E-state index in [0.717, 1.165) is 0 Å². The van der Waals surface area contributed by atoms with E-state index in [0.29, 0.717) is 32.2 Å². The zero-order valence-electron chi connectivity index (χ0n) is 16.5. The van der Waals surface area contributed by atoms with E-state index in [1.54, 1.807) is 36.4 Å². The molecular weight excluding hydrogens is 483 g/mol. The predicted molar refractivity (Wildman–Crippen MR) is 116 cm³/mol. The van der Waals surface area contributed by atoms with Gasteiger partial charge in [-0.3, -0.25) is 24.5 Å². The quantitative estimate of drug-likeness (QED) is 0.481. The Morgan fingerprint density at radius 2 is 1.97 bits per heavy atom. The molecule has 2 aliphatic rings. The standard InChI is InChI=1S/C22H16BrFN4O4/c23-11-1-4-15-14(8-11)18(24)19(26-15)21(31)25-12-2-3-13-10(7-12)9-28(22(13)32)16-5-6-17(29)27-20(16)30/h1-4,7-8,16,26H,5-6,9H2,(H,25,31)(H,27,29,30). The van der Waals surface area contributed by atoms with Gasteiger partial charge in [0, 0.05) is 39.6 Å². The monoisotopic (exact) mass is 498 g/mol. The molecule has 0 radical (unpaired) electrons. The number of hydrogen-bond donors (Lipinski definition) is 3. The molecule has 10 heteroatoms. The Labute approximate surface area is 189 Å². The second-order valence-corrected chi connectivity index (χ2v) is 8.65. The van der Waals surface area contributed by atoms with Crippen molar-refractivity contribution in [2.75, 3.05) is 5.32 Å². The Morgan fingerprint density at radius 1 is 1.16 bits per heavy atom. The van der Waals surface area contributed by atoms with Crippen LogP contribution in [0.3, 0.4) is 0 Å². The van der Waals surface area contributed by atoms with Gasteiger partial charge in [0.2, 0.25) is 11.8 Å². The molecule has 1 aromatic heterocycles. The number of imide groups is 1. The Kier molecular flexibility index (Phi) is 4.81. The molecule has 32 heavy (non-hydrogen) atoms. The van der Waals surface area contributed by atoms with Crippen molar-refractivity contribution in [1.82, 2.24) is 15.2 Å². The molecule has 1 fully saturated rings. The molecule has 1 atom stereocenters. The molecule has 3 heterocycles. The summed E-state index contributed by atoms with van der Waals surface area (Å²) >= 11 is 3.29. The number of amides is 4. The highest BCUT2D eigenvalue weighted by atomic mass is 79.9. The van der Waals surface area contributed by atoms with Crippen LogP contribution in [0.15, 0.2) is 40.9 Å². The highest BCUT2D eigenvalue weighted by molar-refractivity contribution is 9.10. The predicted octanol–water partition coefficient (Wildman–Crippen LogP) is 3.08. The third-order valence-electron chi connectivity index (χ3n) is 5.71. The van der Waals surface area contributed by atoms with Gasteiger partial charge in [0.1, 0.15) is 11.7 Å². The lowest BCUT2D eigenvalue weighted by Crippen LogP contribution is -2.52. The number of H-pyrrole nitrogens is 1. The first-order valence-corrected chi connectivity index (χ1v) is 10.7. The van der Waals surface area contributed by atoms with Crippen molar-refractivity contribution in [2.45, 2.75) is 25.4 Å². The van der Waals surface area contributed by atoms with Gasteiger partial charge in [0.05, 0.1) is 0 Å². The fraction of sp³-hybridized carbons (Fsp3) is 0.182. The maximum absolute atomic E-state index is 14.7. The number of benzene rings is 2. The molecule has 8 nitrogen and oxygen atoms in total. The van der Waals surface area contributed by atoms with E-state index in [9.17, 15) is 23.6 Å². The van der Waals surface area contributed by atoms with Gasteiger partial charge in [-0.15, -0.1) is 0 Å². The van der Waals surface area contributed by atoms with Crippen molar-refractivity contribution < 1.29 is 23.6 Å². The van der Waals surface area contributed by atoms with Crippen molar-refractivity contribution in [1.29, 1.82) is 0 Å². The Morgan fingerprint density at radius 3 is 2.75 bits per heavy atom. The van der Waals surface area contributed by atoms with Gasteiger partial charge in [-0.2, -0.15) is 0 Å². The molecule has 1 saturated heterocycles. The number of nitrogens with zero attached hydrogens (tertiary/aromatic N) is 1. The summed E-state index contributed by atoms with van der Waals surface area (Å²) in [6, 6.07) is 9.04. The summed E-state index contributed by atoms with van der Waals surface area (Å²) in [6.07, 6.45) is 0.439. The van der Waals surface area contributed by atoms with Crippen molar-refractivity contribution in [3.8, 4) is 0 Å². The first kappa shape index (κ1) is 20.4. The normalized spacial score (nSPS) is 18.1. The molecule has 0 saturated carbocycles. The van der Waals surface area contributed by atoms with Crippen molar-refractivity contribution >= 4 is 56.1 Å². The summed E-state index contributed by atoms with van der Waals surface area (Å²) in [7, 11) is 0. The molecule has 3 N–H and O–H groups in total. The highest BCUT2D eigenvalue weighted by Crippen LogP contribution is 2.30. The number of carbonyl (C=O) groups is 4. The Hall–Kier alpha value is -3.53. The van der Waals surface area contributed by atoms with Gasteiger partial charge in [0.25, 0.3) is 11.8 Å². The van der Waals surface area contributed by atoms with Crippen LogP contribution in [-0.4, -0.2) is 39.6 Å². The van der Waals surface area contributed by atoms with Gasteiger partial charge >= 0.3 is 0 Å². The van der Waals surface area contributed by atoms with E-state index in [2.05, 4.69) is 31.5 Å². The molecule has 0 spiro atoms. The average molecular weight is 499 g/mol. The zero-order chi connectivity index (χ0) is 22.6. The summed E-state index contributed by atoms with van der Waals surface area (Å²) in [5.74, 6) is -2.45. The number of hydrogen-bond acceptors (Lipinski definition) is 4. The molecular formula is C22H16BrFN4O4. The number of halogens is 2. The Balaban J connectivity index is 1.36. The number of fused-ring (bicyclic) bond motifs is 2. The van der Waals surface area contributed by atoms with Crippen molar-refractivity contribution in [3.05, 3.63) is 63.5 Å². The number of carbonyl (C=O) groups excluding carboxylic acids is 4.